The standard InChI is InChI=1S/C31H50N4O5/c1-9-31(7,8)35(28(38)24(15-16-25(32)36)34-29(39)40-30(4,5)6)26(22-18-20(2)17-21(3)19-22)27(37)33-23-13-11-10-12-14-23/h17-19,23-24,26H,9-16H2,1-8H3,(H2,32,36)(H,33,37)(H,34,39). The van der Waals surface area contributed by atoms with Gasteiger partial charge in [-0.25, -0.2) is 4.79 Å². The van der Waals surface area contributed by atoms with Crippen LogP contribution in [0.2, 0.25) is 0 Å². The number of nitrogens with two attached hydrogens (primary N) is 1. The predicted molar refractivity (Wildman–Crippen MR) is 156 cm³/mol. The first kappa shape index (κ1) is 33.1. The number of ether oxygens (including phenoxy) is 1. The molecule has 0 aliphatic heterocycles. The van der Waals surface area contributed by atoms with Crippen molar-refractivity contribution in [2.75, 3.05) is 0 Å². The van der Waals surface area contributed by atoms with Gasteiger partial charge >= 0.3 is 6.09 Å². The number of benzene rings is 1. The summed E-state index contributed by atoms with van der Waals surface area (Å²) in [6, 6.07) is 3.87. The fourth-order valence-corrected chi connectivity index (χ4v) is 5.22. The second-order valence-electron chi connectivity index (χ2n) is 12.7. The van der Waals surface area contributed by atoms with E-state index in [-0.39, 0.29) is 24.8 Å². The maximum atomic E-state index is 14.5. The number of primary amides is 1. The van der Waals surface area contributed by atoms with Crippen LogP contribution >= 0.6 is 0 Å². The van der Waals surface area contributed by atoms with E-state index in [1.807, 2.05) is 52.8 Å². The van der Waals surface area contributed by atoms with Gasteiger partial charge in [-0.05, 0) is 79.7 Å². The van der Waals surface area contributed by atoms with Crippen LogP contribution in [0, 0.1) is 13.8 Å². The summed E-state index contributed by atoms with van der Waals surface area (Å²) in [5.41, 5.74) is 6.52. The van der Waals surface area contributed by atoms with E-state index in [9.17, 15) is 19.2 Å². The van der Waals surface area contributed by atoms with Crippen molar-refractivity contribution in [3.8, 4) is 0 Å². The minimum absolute atomic E-state index is 0.0203. The van der Waals surface area contributed by atoms with Crippen LogP contribution in [0.4, 0.5) is 4.79 Å². The quantitative estimate of drug-likeness (QED) is 0.353. The SMILES string of the molecule is CCC(C)(C)N(C(=O)C(CCC(N)=O)NC(=O)OC(C)(C)C)C(C(=O)NC1CCCCC1)c1cc(C)cc(C)c1. The van der Waals surface area contributed by atoms with Gasteiger partial charge in [-0.3, -0.25) is 14.4 Å². The van der Waals surface area contributed by atoms with Gasteiger partial charge in [-0.1, -0.05) is 55.5 Å². The van der Waals surface area contributed by atoms with Crippen LogP contribution in [0.1, 0.15) is 116 Å². The largest absolute Gasteiger partial charge is 0.444 e. The molecule has 9 nitrogen and oxygen atoms in total. The second kappa shape index (κ2) is 14.0. The Balaban J connectivity index is 2.61. The van der Waals surface area contributed by atoms with Crippen molar-refractivity contribution in [3.63, 3.8) is 0 Å². The lowest BCUT2D eigenvalue weighted by atomic mass is 9.89. The number of rotatable bonds is 11. The molecule has 1 aliphatic carbocycles. The number of hydrogen-bond acceptors (Lipinski definition) is 5. The molecule has 1 aromatic carbocycles. The molecule has 0 radical (unpaired) electrons. The first-order valence-electron chi connectivity index (χ1n) is 14.5. The van der Waals surface area contributed by atoms with Gasteiger partial charge in [0.2, 0.25) is 17.7 Å². The molecule has 1 fully saturated rings. The zero-order valence-electron chi connectivity index (χ0n) is 25.7. The van der Waals surface area contributed by atoms with Crippen LogP contribution in [0.3, 0.4) is 0 Å². The molecule has 0 aromatic heterocycles. The van der Waals surface area contributed by atoms with E-state index >= 15 is 0 Å². The number of carbonyl (C=O) groups is 4. The van der Waals surface area contributed by atoms with Crippen molar-refractivity contribution in [1.29, 1.82) is 0 Å². The van der Waals surface area contributed by atoms with Gasteiger partial charge in [-0.15, -0.1) is 0 Å². The van der Waals surface area contributed by atoms with Crippen molar-refractivity contribution in [2.24, 2.45) is 5.73 Å². The van der Waals surface area contributed by atoms with Crippen LogP contribution < -0.4 is 16.4 Å². The maximum absolute atomic E-state index is 14.5. The summed E-state index contributed by atoms with van der Waals surface area (Å²) in [5, 5.41) is 5.89. The molecule has 4 N–H and O–H groups in total. The lowest BCUT2D eigenvalue weighted by Crippen LogP contribution is -2.60. The molecule has 1 saturated carbocycles. The van der Waals surface area contributed by atoms with Crippen LogP contribution in [0.15, 0.2) is 18.2 Å². The van der Waals surface area contributed by atoms with Crippen molar-refractivity contribution in [2.45, 2.75) is 136 Å². The highest BCUT2D eigenvalue weighted by atomic mass is 16.6. The molecule has 0 saturated heterocycles. The van der Waals surface area contributed by atoms with E-state index in [0.717, 1.165) is 43.2 Å². The average Bonchev–Trinajstić information content (AvgIpc) is 2.83. The molecular weight excluding hydrogens is 508 g/mol. The van der Waals surface area contributed by atoms with Crippen molar-refractivity contribution in [1.82, 2.24) is 15.5 Å². The van der Waals surface area contributed by atoms with Crippen molar-refractivity contribution in [3.05, 3.63) is 34.9 Å². The third kappa shape index (κ3) is 9.82. The Kier molecular flexibility index (Phi) is 11.6. The normalized spacial score (nSPS) is 16.0. The summed E-state index contributed by atoms with van der Waals surface area (Å²) in [6.45, 7) is 14.9. The van der Waals surface area contributed by atoms with E-state index in [2.05, 4.69) is 10.6 Å². The fourth-order valence-electron chi connectivity index (χ4n) is 5.22. The summed E-state index contributed by atoms with van der Waals surface area (Å²) in [7, 11) is 0. The number of nitrogens with zero attached hydrogens (tertiary/aromatic N) is 1. The molecule has 2 unspecified atom stereocenters. The van der Waals surface area contributed by atoms with Crippen molar-refractivity contribution >= 4 is 23.8 Å². The molecule has 0 spiro atoms. The molecule has 224 valence electrons. The summed E-state index contributed by atoms with van der Waals surface area (Å²) in [6.07, 6.45) is 4.69. The van der Waals surface area contributed by atoms with Gasteiger partial charge < -0.3 is 26.0 Å². The Hall–Kier alpha value is -3.10. The molecule has 1 aromatic rings. The van der Waals surface area contributed by atoms with Gasteiger partial charge in [0.05, 0.1) is 0 Å². The van der Waals surface area contributed by atoms with E-state index in [4.69, 9.17) is 10.5 Å². The molecule has 9 heteroatoms. The number of amides is 4. The first-order valence-corrected chi connectivity index (χ1v) is 14.5. The van der Waals surface area contributed by atoms with Gasteiger partial charge in [0.15, 0.2) is 0 Å². The Morgan fingerprint density at radius 3 is 2.08 bits per heavy atom. The predicted octanol–water partition coefficient (Wildman–Crippen LogP) is 4.97. The van der Waals surface area contributed by atoms with E-state index in [1.54, 1.807) is 25.7 Å². The fraction of sp³-hybridized carbons (Fsp3) is 0.677. The van der Waals surface area contributed by atoms with Gasteiger partial charge in [-0.2, -0.15) is 0 Å². The number of aryl methyl sites for hydroxylation is 2. The Morgan fingerprint density at radius 2 is 1.57 bits per heavy atom. The Morgan fingerprint density at radius 1 is 1.00 bits per heavy atom. The molecule has 40 heavy (non-hydrogen) atoms. The van der Waals surface area contributed by atoms with E-state index in [1.165, 1.54) is 0 Å². The topological polar surface area (TPSA) is 131 Å². The summed E-state index contributed by atoms with van der Waals surface area (Å²) >= 11 is 0. The lowest BCUT2D eigenvalue weighted by Gasteiger charge is -2.45. The van der Waals surface area contributed by atoms with E-state index in [0.29, 0.717) is 12.0 Å². The highest BCUT2D eigenvalue weighted by Gasteiger charge is 2.43. The summed E-state index contributed by atoms with van der Waals surface area (Å²) < 4.78 is 5.43. The Bertz CT molecular complexity index is 1040. The lowest BCUT2D eigenvalue weighted by molar-refractivity contribution is -0.150. The summed E-state index contributed by atoms with van der Waals surface area (Å²) in [4.78, 5) is 54.7. The minimum atomic E-state index is -1.12. The third-order valence-corrected chi connectivity index (χ3v) is 7.44. The molecular formula is C31H50N4O5. The second-order valence-corrected chi connectivity index (χ2v) is 12.7. The van der Waals surface area contributed by atoms with Crippen LogP contribution in [-0.2, 0) is 19.1 Å². The van der Waals surface area contributed by atoms with Gasteiger partial charge in [0.1, 0.15) is 17.7 Å². The monoisotopic (exact) mass is 558 g/mol. The molecule has 2 rings (SSSR count). The summed E-state index contributed by atoms with van der Waals surface area (Å²) in [5.74, 6) is -1.31. The van der Waals surface area contributed by atoms with Gasteiger partial charge in [0.25, 0.3) is 0 Å². The zero-order valence-corrected chi connectivity index (χ0v) is 25.7. The molecule has 1 aliphatic rings. The third-order valence-electron chi connectivity index (χ3n) is 7.44. The van der Waals surface area contributed by atoms with Gasteiger partial charge in [0, 0.05) is 18.0 Å². The smallest absolute Gasteiger partial charge is 0.408 e. The molecule has 0 bridgehead atoms. The highest BCUT2D eigenvalue weighted by Crippen LogP contribution is 2.34. The Labute approximate surface area is 240 Å². The first-order chi connectivity index (χ1) is 18.5. The van der Waals surface area contributed by atoms with Crippen molar-refractivity contribution < 1.29 is 23.9 Å². The molecule has 0 heterocycles. The zero-order chi connectivity index (χ0) is 30.3. The molecule has 4 amide bonds. The van der Waals surface area contributed by atoms with E-state index < -0.39 is 41.1 Å². The number of nitrogens with one attached hydrogen (secondary N) is 2. The van der Waals surface area contributed by atoms with Crippen LogP contribution in [0.25, 0.3) is 0 Å². The number of hydrogen-bond donors (Lipinski definition) is 3. The highest BCUT2D eigenvalue weighted by molar-refractivity contribution is 5.93. The number of alkyl carbamates (subject to hydrolysis) is 1. The van der Waals surface area contributed by atoms with Crippen LogP contribution in [0.5, 0.6) is 0 Å². The van der Waals surface area contributed by atoms with Crippen LogP contribution in [-0.4, -0.2) is 51.9 Å². The average molecular weight is 559 g/mol. The maximum Gasteiger partial charge on any atom is 0.408 e. The minimum Gasteiger partial charge on any atom is -0.444 e. The number of carbonyl (C=O) groups excluding carboxylic acids is 4. The molecule has 2 atom stereocenters.